The zero-order valence-corrected chi connectivity index (χ0v) is 19.9. The van der Waals surface area contributed by atoms with Crippen molar-refractivity contribution in [2.75, 3.05) is 13.1 Å². The average Bonchev–Trinajstić information content (AvgIpc) is 3.45. The lowest BCUT2D eigenvalue weighted by Gasteiger charge is -2.41. The van der Waals surface area contributed by atoms with Crippen LogP contribution in [0.25, 0.3) is 5.82 Å². The van der Waals surface area contributed by atoms with Crippen LogP contribution in [0.3, 0.4) is 0 Å². The van der Waals surface area contributed by atoms with Crippen molar-refractivity contribution in [2.45, 2.75) is 32.4 Å². The van der Waals surface area contributed by atoms with Gasteiger partial charge in [0.25, 0.3) is 0 Å². The number of imidazole rings is 1. The normalized spacial score (nSPS) is 16.9. The lowest BCUT2D eigenvalue weighted by atomic mass is 10.0. The van der Waals surface area contributed by atoms with E-state index in [0.29, 0.717) is 29.3 Å². The van der Waals surface area contributed by atoms with Crippen molar-refractivity contribution in [2.24, 2.45) is 5.10 Å². The Balaban J connectivity index is 1.27. The highest BCUT2D eigenvalue weighted by Gasteiger charge is 2.39. The number of amides is 2. The van der Waals surface area contributed by atoms with Crippen LogP contribution in [0.2, 0.25) is 0 Å². The maximum atomic E-state index is 14.5. The molecule has 37 heavy (non-hydrogen) atoms. The summed E-state index contributed by atoms with van der Waals surface area (Å²) in [5.41, 5.74) is 1.47. The lowest BCUT2D eigenvalue weighted by Crippen LogP contribution is -2.58. The molecule has 0 bridgehead atoms. The first-order valence-electron chi connectivity index (χ1n) is 11.4. The van der Waals surface area contributed by atoms with E-state index in [0.717, 1.165) is 12.3 Å². The van der Waals surface area contributed by atoms with Crippen molar-refractivity contribution >= 4 is 12.2 Å². The molecule has 12 heteroatoms. The van der Waals surface area contributed by atoms with Gasteiger partial charge in [-0.1, -0.05) is 0 Å². The Labute approximate surface area is 210 Å². The molecule has 0 aliphatic carbocycles. The Hall–Kier alpha value is -4.84. The number of carbonyl (C=O) groups is 1. The SMILES string of the molecule is Cc1nc(C#N)c(C)n1-c1cc(OC2CN(C(=O)N3N=CC[C@H]3c3cc(F)cc(C#N)c3)C2)c(F)cn1. The third-order valence-electron chi connectivity index (χ3n) is 6.29. The van der Waals surface area contributed by atoms with Gasteiger partial charge in [0, 0.05) is 18.7 Å². The maximum Gasteiger partial charge on any atom is 0.341 e. The van der Waals surface area contributed by atoms with Crippen LogP contribution in [-0.4, -0.2) is 55.9 Å². The van der Waals surface area contributed by atoms with Gasteiger partial charge in [0.2, 0.25) is 0 Å². The van der Waals surface area contributed by atoms with Crippen LogP contribution in [0.15, 0.2) is 35.6 Å². The maximum absolute atomic E-state index is 14.5. The van der Waals surface area contributed by atoms with Crippen LogP contribution < -0.4 is 4.74 Å². The van der Waals surface area contributed by atoms with Gasteiger partial charge in [0.05, 0.1) is 42.7 Å². The second kappa shape index (κ2) is 9.32. The molecule has 0 N–H and O–H groups in total. The van der Waals surface area contributed by atoms with Crippen LogP contribution in [0, 0.1) is 48.1 Å². The van der Waals surface area contributed by atoms with Gasteiger partial charge in [-0.3, -0.25) is 4.57 Å². The zero-order chi connectivity index (χ0) is 26.3. The molecule has 1 saturated heterocycles. The summed E-state index contributed by atoms with van der Waals surface area (Å²) in [5, 5.41) is 23.8. The van der Waals surface area contributed by atoms with Crippen molar-refractivity contribution in [3.05, 3.63) is 70.4 Å². The molecule has 2 aliphatic heterocycles. The van der Waals surface area contributed by atoms with Gasteiger partial charge < -0.3 is 9.64 Å². The van der Waals surface area contributed by atoms with Crippen molar-refractivity contribution in [3.8, 4) is 23.7 Å². The molecule has 2 aliphatic rings. The second-order valence-corrected chi connectivity index (χ2v) is 8.72. The predicted octanol–water partition coefficient (Wildman–Crippen LogP) is 3.52. The molecule has 0 saturated carbocycles. The van der Waals surface area contributed by atoms with E-state index in [9.17, 15) is 18.8 Å². The number of likely N-dealkylation sites (tertiary alicyclic amines) is 1. The number of ether oxygens (including phenoxy) is 1. The minimum atomic E-state index is -0.659. The molecule has 10 nitrogen and oxygen atoms in total. The molecule has 1 atom stereocenters. The van der Waals surface area contributed by atoms with E-state index < -0.39 is 29.8 Å². The van der Waals surface area contributed by atoms with Crippen molar-refractivity contribution in [1.29, 1.82) is 10.5 Å². The number of nitrogens with zero attached hydrogens (tertiary/aromatic N) is 8. The van der Waals surface area contributed by atoms with E-state index in [1.165, 1.54) is 28.1 Å². The van der Waals surface area contributed by atoms with Crippen LogP contribution >= 0.6 is 0 Å². The fraction of sp³-hybridized carbons (Fsp3) is 0.280. The van der Waals surface area contributed by atoms with Gasteiger partial charge in [-0.2, -0.15) is 15.6 Å². The van der Waals surface area contributed by atoms with E-state index in [2.05, 4.69) is 15.1 Å². The molecule has 4 heterocycles. The standard InChI is InChI=1S/C25H20F2N8O2/c1-14-21(10-29)32-15(2)34(14)24-8-23(20(27)11-30-24)37-19-12-33(13-19)25(36)35-22(3-4-31-35)17-5-16(9-28)6-18(26)7-17/h4-8,11,19,22H,3,12-13H2,1-2H3/t22-/m0/s1. The summed E-state index contributed by atoms with van der Waals surface area (Å²) >= 11 is 0. The monoisotopic (exact) mass is 502 g/mol. The van der Waals surface area contributed by atoms with Crippen LogP contribution in [0.4, 0.5) is 13.6 Å². The largest absolute Gasteiger partial charge is 0.483 e. The zero-order valence-electron chi connectivity index (χ0n) is 19.9. The van der Waals surface area contributed by atoms with Gasteiger partial charge in [0.15, 0.2) is 17.3 Å². The number of hydrazone groups is 1. The Morgan fingerprint density at radius 2 is 1.92 bits per heavy atom. The molecule has 3 aromatic rings. The van der Waals surface area contributed by atoms with Gasteiger partial charge in [0.1, 0.15) is 29.6 Å². The third kappa shape index (κ3) is 4.34. The number of aromatic nitrogens is 3. The number of benzene rings is 1. The number of carbonyl (C=O) groups excluding carboxylic acids is 1. The van der Waals surface area contributed by atoms with E-state index >= 15 is 0 Å². The minimum Gasteiger partial charge on any atom is -0.483 e. The Bertz CT molecular complexity index is 1510. The first-order chi connectivity index (χ1) is 17.8. The van der Waals surface area contributed by atoms with E-state index in [-0.39, 0.29) is 30.1 Å². The van der Waals surface area contributed by atoms with Crippen molar-refractivity contribution in [3.63, 3.8) is 0 Å². The first kappa shape index (κ1) is 23.9. The average molecular weight is 502 g/mol. The summed E-state index contributed by atoms with van der Waals surface area (Å²) in [6, 6.07) is 8.38. The summed E-state index contributed by atoms with van der Waals surface area (Å²) in [7, 11) is 0. The highest BCUT2D eigenvalue weighted by atomic mass is 19.1. The number of urea groups is 1. The number of rotatable bonds is 4. The Morgan fingerprint density at radius 3 is 2.62 bits per heavy atom. The fourth-order valence-corrected chi connectivity index (χ4v) is 4.45. The van der Waals surface area contributed by atoms with Gasteiger partial charge in [-0.25, -0.2) is 28.6 Å². The molecular formula is C25H20F2N8O2. The highest BCUT2D eigenvalue weighted by Crippen LogP contribution is 2.32. The fourth-order valence-electron chi connectivity index (χ4n) is 4.45. The van der Waals surface area contributed by atoms with Crippen LogP contribution in [0.1, 0.15) is 40.8 Å². The molecule has 5 rings (SSSR count). The summed E-state index contributed by atoms with van der Waals surface area (Å²) in [4.78, 5) is 22.8. The second-order valence-electron chi connectivity index (χ2n) is 8.72. The molecule has 1 fully saturated rings. The van der Waals surface area contributed by atoms with Gasteiger partial charge >= 0.3 is 6.03 Å². The van der Waals surface area contributed by atoms with Crippen LogP contribution in [-0.2, 0) is 0 Å². The lowest BCUT2D eigenvalue weighted by molar-refractivity contribution is 0.0256. The van der Waals surface area contributed by atoms with E-state index in [1.807, 2.05) is 12.1 Å². The Morgan fingerprint density at radius 1 is 1.14 bits per heavy atom. The Kier molecular flexibility index (Phi) is 6.01. The van der Waals surface area contributed by atoms with Crippen molar-refractivity contribution < 1.29 is 18.3 Å². The van der Waals surface area contributed by atoms with Gasteiger partial charge in [-0.05, 0) is 37.6 Å². The molecule has 0 radical (unpaired) electrons. The number of halogens is 2. The van der Waals surface area contributed by atoms with Gasteiger partial charge in [-0.15, -0.1) is 0 Å². The third-order valence-corrected chi connectivity index (χ3v) is 6.29. The number of pyridine rings is 1. The van der Waals surface area contributed by atoms with E-state index in [1.54, 1.807) is 24.6 Å². The number of aryl methyl sites for hydroxylation is 1. The number of hydrogen-bond donors (Lipinski definition) is 0. The molecule has 186 valence electrons. The first-order valence-corrected chi connectivity index (χ1v) is 11.4. The smallest absolute Gasteiger partial charge is 0.341 e. The predicted molar refractivity (Wildman–Crippen MR) is 126 cm³/mol. The summed E-state index contributed by atoms with van der Waals surface area (Å²) in [6.45, 7) is 3.83. The quantitative estimate of drug-likeness (QED) is 0.538. The topological polar surface area (TPSA) is 123 Å². The highest BCUT2D eigenvalue weighted by molar-refractivity contribution is 5.79. The summed E-state index contributed by atoms with van der Waals surface area (Å²) in [5.74, 6) is -0.370. The summed E-state index contributed by atoms with van der Waals surface area (Å²) < 4.78 is 35.9. The summed E-state index contributed by atoms with van der Waals surface area (Å²) in [6.07, 6.45) is 2.53. The number of hydrogen-bond acceptors (Lipinski definition) is 7. The molecule has 2 amide bonds. The van der Waals surface area contributed by atoms with E-state index in [4.69, 9.17) is 10.00 Å². The molecule has 2 aromatic heterocycles. The molecule has 1 aromatic carbocycles. The number of nitriles is 2. The van der Waals surface area contributed by atoms with Crippen LogP contribution in [0.5, 0.6) is 5.75 Å². The molecule has 0 spiro atoms. The molecular weight excluding hydrogens is 482 g/mol. The molecule has 0 unspecified atom stereocenters. The van der Waals surface area contributed by atoms with Crippen molar-refractivity contribution in [1.82, 2.24) is 24.4 Å². The minimum absolute atomic E-state index is 0.0334.